The van der Waals surface area contributed by atoms with Crippen LogP contribution in [0.2, 0.25) is 0 Å². The maximum atomic E-state index is 11.7. The summed E-state index contributed by atoms with van der Waals surface area (Å²) in [6, 6.07) is 0. The van der Waals surface area contributed by atoms with Crippen LogP contribution >= 0.6 is 0 Å². The van der Waals surface area contributed by atoms with Gasteiger partial charge >= 0.3 is 0 Å². The summed E-state index contributed by atoms with van der Waals surface area (Å²) in [7, 11) is 0. The van der Waals surface area contributed by atoms with Gasteiger partial charge in [-0.1, -0.05) is 0 Å². The summed E-state index contributed by atoms with van der Waals surface area (Å²) in [5.41, 5.74) is 1.68. The number of rotatable bonds is 0. The Kier molecular flexibility index (Phi) is 1.49. The van der Waals surface area contributed by atoms with E-state index < -0.39 is 11.6 Å². The van der Waals surface area contributed by atoms with Gasteiger partial charge in [-0.05, 0) is 24.1 Å². The topological polar surface area (TPSA) is 54.0 Å². The van der Waals surface area contributed by atoms with E-state index in [0.717, 1.165) is 12.0 Å². The van der Waals surface area contributed by atoms with Crippen LogP contribution in [0.25, 0.3) is 0 Å². The van der Waals surface area contributed by atoms with Gasteiger partial charge in [-0.15, -0.1) is 0 Å². The lowest BCUT2D eigenvalue weighted by Crippen LogP contribution is -2.48. The van der Waals surface area contributed by atoms with Gasteiger partial charge in [-0.25, -0.2) is 0 Å². The molecule has 4 rings (SSSR count). The Balaban J connectivity index is 1.93. The third-order valence-electron chi connectivity index (χ3n) is 3.55. The van der Waals surface area contributed by atoms with Gasteiger partial charge in [0, 0.05) is 12.0 Å². The Morgan fingerprint density at radius 3 is 2.25 bits per heavy atom. The Labute approximate surface area is 91.6 Å². The highest BCUT2D eigenvalue weighted by Crippen LogP contribution is 2.51. The van der Waals surface area contributed by atoms with E-state index in [9.17, 15) is 4.79 Å². The molecule has 0 amide bonds. The molecule has 2 saturated heterocycles. The number of Topliss-reactive ketones (excluding diaryl/α,β-unsaturated/α-hetero) is 1. The molecular weight excluding hydrogens is 212 g/mol. The highest BCUT2D eigenvalue weighted by molar-refractivity contribution is 6.03. The lowest BCUT2D eigenvalue weighted by Gasteiger charge is -2.32. The summed E-state index contributed by atoms with van der Waals surface area (Å²) >= 11 is 0. The second kappa shape index (κ2) is 2.62. The molecule has 0 bridgehead atoms. The molecule has 0 aromatic rings. The van der Waals surface area contributed by atoms with Gasteiger partial charge in [-0.3, -0.25) is 4.79 Å². The van der Waals surface area contributed by atoms with Crippen LogP contribution in [0.1, 0.15) is 12.8 Å². The van der Waals surface area contributed by atoms with Crippen molar-refractivity contribution in [3.63, 3.8) is 0 Å². The van der Waals surface area contributed by atoms with E-state index in [4.69, 9.17) is 18.9 Å². The van der Waals surface area contributed by atoms with Crippen LogP contribution in [-0.4, -0.2) is 30.9 Å². The summed E-state index contributed by atoms with van der Waals surface area (Å²) in [6.45, 7) is 0.226. The minimum absolute atomic E-state index is 0.113. The highest BCUT2D eigenvalue weighted by Gasteiger charge is 2.65. The van der Waals surface area contributed by atoms with Gasteiger partial charge in [0.05, 0.1) is 0 Å². The monoisotopic (exact) mass is 222 g/mol. The molecule has 3 fully saturated rings. The van der Waals surface area contributed by atoms with Gasteiger partial charge in [0.2, 0.25) is 0 Å². The molecule has 2 heterocycles. The minimum Gasteiger partial charge on any atom is -0.315 e. The van der Waals surface area contributed by atoms with E-state index in [1.54, 1.807) is 6.08 Å². The van der Waals surface area contributed by atoms with E-state index in [1.807, 2.05) is 6.08 Å². The number of hydrogen-bond acceptors (Lipinski definition) is 5. The van der Waals surface area contributed by atoms with Gasteiger partial charge in [0.25, 0.3) is 11.6 Å². The van der Waals surface area contributed by atoms with Crippen LogP contribution in [0.5, 0.6) is 0 Å². The Morgan fingerprint density at radius 1 is 0.938 bits per heavy atom. The van der Waals surface area contributed by atoms with E-state index in [2.05, 4.69) is 0 Å². The largest absolute Gasteiger partial charge is 0.315 e. The number of ketones is 1. The zero-order valence-electron chi connectivity index (χ0n) is 8.52. The second-order valence-corrected chi connectivity index (χ2v) is 4.30. The molecule has 0 aromatic heterocycles. The fourth-order valence-electron chi connectivity index (χ4n) is 2.70. The summed E-state index contributed by atoms with van der Waals surface area (Å²) < 4.78 is 21.9. The Morgan fingerprint density at radius 2 is 1.56 bits per heavy atom. The number of fused-ring (bicyclic) bond motifs is 1. The van der Waals surface area contributed by atoms with Gasteiger partial charge < -0.3 is 18.9 Å². The van der Waals surface area contributed by atoms with E-state index in [1.165, 1.54) is 0 Å². The molecule has 5 nitrogen and oxygen atoms in total. The van der Waals surface area contributed by atoms with Crippen LogP contribution in [0.15, 0.2) is 23.3 Å². The van der Waals surface area contributed by atoms with Crippen molar-refractivity contribution in [2.24, 2.45) is 0 Å². The molecule has 16 heavy (non-hydrogen) atoms. The van der Waals surface area contributed by atoms with Crippen molar-refractivity contribution >= 4 is 5.78 Å². The fourth-order valence-corrected chi connectivity index (χ4v) is 2.70. The molecule has 84 valence electrons. The maximum absolute atomic E-state index is 11.7. The number of carbonyl (C=O) groups is 1. The van der Waals surface area contributed by atoms with Crippen molar-refractivity contribution in [3.8, 4) is 0 Å². The molecule has 0 atom stereocenters. The molecule has 2 aliphatic heterocycles. The molecule has 0 spiro atoms. The lowest BCUT2D eigenvalue weighted by molar-refractivity contribution is -0.161. The number of hydrogen-bond donors (Lipinski definition) is 0. The average molecular weight is 222 g/mol. The average Bonchev–Trinajstić information content (AvgIpc) is 2.87. The smallest absolute Gasteiger partial charge is 0.253 e. The van der Waals surface area contributed by atoms with Crippen molar-refractivity contribution in [2.45, 2.75) is 24.4 Å². The summed E-state index contributed by atoms with van der Waals surface area (Å²) in [5.74, 6) is -1.89. The van der Waals surface area contributed by atoms with E-state index in [-0.39, 0.29) is 19.4 Å². The Hall–Kier alpha value is -1.01. The zero-order valence-corrected chi connectivity index (χ0v) is 8.52. The van der Waals surface area contributed by atoms with Crippen LogP contribution in [0, 0.1) is 0 Å². The van der Waals surface area contributed by atoms with Crippen molar-refractivity contribution in [3.05, 3.63) is 23.3 Å². The maximum Gasteiger partial charge on any atom is 0.253 e. The van der Waals surface area contributed by atoms with Gasteiger partial charge in [0.15, 0.2) is 19.4 Å². The number of ether oxygens (including phenoxy) is 4. The van der Waals surface area contributed by atoms with Crippen LogP contribution in [-0.2, 0) is 23.7 Å². The first-order chi connectivity index (χ1) is 7.75. The number of allylic oxidation sites excluding steroid dienone is 2. The first-order valence-electron chi connectivity index (χ1n) is 5.29. The fraction of sp³-hybridized carbons (Fsp3) is 0.545. The molecule has 4 aliphatic rings. The molecule has 5 heteroatoms. The zero-order chi connectivity index (χ0) is 10.8. The predicted molar refractivity (Wildman–Crippen MR) is 49.9 cm³/mol. The standard InChI is InChI=1S/C11H10O5/c12-9-2-1-7-3-10-11(4-8(7)9,15-5-13-10)16-6-14-10/h3-4H,1-2,5-6H2. The summed E-state index contributed by atoms with van der Waals surface area (Å²) in [5, 5.41) is 0. The normalized spacial score (nSPS) is 44.9. The van der Waals surface area contributed by atoms with Crippen LogP contribution in [0.3, 0.4) is 0 Å². The van der Waals surface area contributed by atoms with Crippen molar-refractivity contribution in [1.82, 2.24) is 0 Å². The summed E-state index contributed by atoms with van der Waals surface area (Å²) in [6.07, 6.45) is 4.85. The molecule has 0 unspecified atom stereocenters. The molecule has 0 radical (unpaired) electrons. The molecule has 0 aromatic carbocycles. The third-order valence-corrected chi connectivity index (χ3v) is 3.55. The number of carbonyl (C=O) groups excluding carboxylic acids is 1. The first kappa shape index (κ1) is 9.07. The second-order valence-electron chi connectivity index (χ2n) is 4.30. The van der Waals surface area contributed by atoms with Crippen molar-refractivity contribution < 1.29 is 23.7 Å². The van der Waals surface area contributed by atoms with Crippen molar-refractivity contribution in [2.75, 3.05) is 13.6 Å². The van der Waals surface area contributed by atoms with Crippen LogP contribution < -0.4 is 0 Å². The van der Waals surface area contributed by atoms with E-state index >= 15 is 0 Å². The van der Waals surface area contributed by atoms with Gasteiger partial charge in [0.1, 0.15) is 0 Å². The van der Waals surface area contributed by atoms with E-state index in [0.29, 0.717) is 12.0 Å². The lowest BCUT2D eigenvalue weighted by atomic mass is 9.91. The van der Waals surface area contributed by atoms with Crippen molar-refractivity contribution in [1.29, 1.82) is 0 Å². The van der Waals surface area contributed by atoms with Crippen LogP contribution in [0.4, 0.5) is 0 Å². The highest BCUT2D eigenvalue weighted by atomic mass is 16.9. The minimum atomic E-state index is -1.05. The molecule has 1 saturated carbocycles. The first-order valence-corrected chi connectivity index (χ1v) is 5.29. The molecule has 2 aliphatic carbocycles. The molecule has 0 N–H and O–H groups in total. The predicted octanol–water partition coefficient (Wildman–Crippen LogP) is 0.617. The quantitative estimate of drug-likeness (QED) is 0.601. The summed E-state index contributed by atoms with van der Waals surface area (Å²) in [4.78, 5) is 11.7. The van der Waals surface area contributed by atoms with Gasteiger partial charge in [-0.2, -0.15) is 0 Å². The molecular formula is C11H10O5. The SMILES string of the molecule is O=C1CCC2=CC34OCOC3(C=C12)OCO4. The third kappa shape index (κ3) is 0.846. The Bertz CT molecular complexity index is 437.